The SMILES string of the molecule is CCC1C[C@@H]2C[C@](c3cc(F)ccc3F)(S(=O)(=O)c3ccc(Cl)cc3)CC[C@@H]2CS1(=O)=O. The lowest BCUT2D eigenvalue weighted by Crippen LogP contribution is -2.49. The highest BCUT2D eigenvalue weighted by Gasteiger charge is 2.55. The van der Waals surface area contributed by atoms with Crippen LogP contribution in [0.1, 0.15) is 44.6 Å². The third-order valence-corrected chi connectivity index (χ3v) is 12.4. The Morgan fingerprint density at radius 1 is 1.09 bits per heavy atom. The van der Waals surface area contributed by atoms with E-state index in [0.29, 0.717) is 24.3 Å². The Hall–Kier alpha value is -1.51. The molecule has 1 aliphatic carbocycles. The van der Waals surface area contributed by atoms with E-state index in [1.165, 1.54) is 24.3 Å². The van der Waals surface area contributed by atoms with Crippen LogP contribution >= 0.6 is 11.6 Å². The van der Waals surface area contributed by atoms with Gasteiger partial charge in [-0.15, -0.1) is 0 Å². The van der Waals surface area contributed by atoms with Gasteiger partial charge in [0.2, 0.25) is 0 Å². The summed E-state index contributed by atoms with van der Waals surface area (Å²) in [5, 5.41) is -0.183. The molecular formula is C23H25ClF2O4S2. The molecule has 4 nitrogen and oxygen atoms in total. The van der Waals surface area contributed by atoms with Gasteiger partial charge in [0, 0.05) is 10.6 Å². The van der Waals surface area contributed by atoms with Gasteiger partial charge in [-0.2, -0.15) is 0 Å². The Morgan fingerprint density at radius 2 is 1.78 bits per heavy atom. The number of halogens is 3. The van der Waals surface area contributed by atoms with Crippen molar-refractivity contribution in [3.05, 3.63) is 64.7 Å². The zero-order chi connectivity index (χ0) is 23.3. The van der Waals surface area contributed by atoms with Crippen LogP contribution in [0.4, 0.5) is 8.78 Å². The van der Waals surface area contributed by atoms with Crippen molar-refractivity contribution in [2.75, 3.05) is 5.75 Å². The molecule has 2 aromatic rings. The molecule has 1 aliphatic heterocycles. The summed E-state index contributed by atoms with van der Waals surface area (Å²) in [7, 11) is -7.40. The smallest absolute Gasteiger partial charge is 0.188 e. The molecule has 0 N–H and O–H groups in total. The van der Waals surface area contributed by atoms with Crippen LogP contribution in [0.15, 0.2) is 47.4 Å². The second-order valence-corrected chi connectivity index (χ2v) is 14.0. The van der Waals surface area contributed by atoms with E-state index in [2.05, 4.69) is 0 Å². The zero-order valence-electron chi connectivity index (χ0n) is 17.6. The Kier molecular flexibility index (Phi) is 6.18. The minimum atomic E-state index is -4.15. The summed E-state index contributed by atoms with van der Waals surface area (Å²) in [6.07, 6.45) is 1.15. The Balaban J connectivity index is 1.87. The van der Waals surface area contributed by atoms with Gasteiger partial charge in [0.05, 0.1) is 15.9 Å². The Bertz CT molecular complexity index is 1230. The van der Waals surface area contributed by atoms with Crippen molar-refractivity contribution < 1.29 is 25.6 Å². The summed E-state index contributed by atoms with van der Waals surface area (Å²) in [6.45, 7) is 1.80. The molecule has 2 aliphatic rings. The number of benzene rings is 2. The zero-order valence-corrected chi connectivity index (χ0v) is 20.0. The maximum atomic E-state index is 15.1. The lowest BCUT2D eigenvalue weighted by atomic mass is 9.69. The molecule has 4 rings (SSSR count). The molecule has 1 saturated carbocycles. The minimum Gasteiger partial charge on any atom is -0.229 e. The van der Waals surface area contributed by atoms with E-state index >= 15 is 4.39 Å². The molecule has 1 saturated heterocycles. The molecule has 0 aromatic heterocycles. The normalized spacial score (nSPS) is 29.9. The maximum absolute atomic E-state index is 15.1. The molecule has 32 heavy (non-hydrogen) atoms. The number of sulfone groups is 2. The largest absolute Gasteiger partial charge is 0.229 e. The topological polar surface area (TPSA) is 68.3 Å². The summed E-state index contributed by atoms with van der Waals surface area (Å²) in [5.41, 5.74) is -0.188. The predicted molar refractivity (Wildman–Crippen MR) is 120 cm³/mol. The van der Waals surface area contributed by atoms with Gasteiger partial charge in [0.1, 0.15) is 16.4 Å². The van der Waals surface area contributed by atoms with Crippen molar-refractivity contribution in [2.24, 2.45) is 11.8 Å². The van der Waals surface area contributed by atoms with Crippen molar-refractivity contribution in [3.8, 4) is 0 Å². The van der Waals surface area contributed by atoms with Gasteiger partial charge in [-0.3, -0.25) is 0 Å². The first-order valence-corrected chi connectivity index (χ1v) is 14.2. The lowest BCUT2D eigenvalue weighted by Gasteiger charge is -2.47. The third-order valence-electron chi connectivity index (χ3n) is 7.21. The van der Waals surface area contributed by atoms with Crippen LogP contribution in [0.3, 0.4) is 0 Å². The number of rotatable bonds is 4. The molecule has 174 valence electrons. The molecule has 9 heteroatoms. The summed E-state index contributed by atoms with van der Waals surface area (Å²) >= 11 is 5.93. The molecule has 0 amide bonds. The first-order chi connectivity index (χ1) is 15.0. The Morgan fingerprint density at radius 3 is 2.44 bits per heavy atom. The Labute approximate surface area is 192 Å². The second-order valence-electron chi connectivity index (χ2n) is 8.93. The average Bonchev–Trinajstić information content (AvgIpc) is 2.74. The fourth-order valence-electron chi connectivity index (χ4n) is 5.50. The molecule has 1 heterocycles. The van der Waals surface area contributed by atoms with Crippen LogP contribution in [-0.2, 0) is 24.4 Å². The molecule has 4 atom stereocenters. The van der Waals surface area contributed by atoms with Crippen LogP contribution in [-0.4, -0.2) is 27.8 Å². The number of fused-ring (bicyclic) bond motifs is 1. The van der Waals surface area contributed by atoms with E-state index in [4.69, 9.17) is 11.6 Å². The maximum Gasteiger partial charge on any atom is 0.188 e. The van der Waals surface area contributed by atoms with E-state index in [9.17, 15) is 21.2 Å². The molecular weight excluding hydrogens is 478 g/mol. The highest BCUT2D eigenvalue weighted by Crippen LogP contribution is 2.54. The molecule has 0 radical (unpaired) electrons. The first kappa shape index (κ1) is 23.6. The van der Waals surface area contributed by atoms with E-state index in [1.54, 1.807) is 6.92 Å². The summed E-state index contributed by atoms with van der Waals surface area (Å²) in [5.74, 6) is -1.89. The van der Waals surface area contributed by atoms with Gasteiger partial charge < -0.3 is 0 Å². The van der Waals surface area contributed by atoms with E-state index in [0.717, 1.165) is 18.2 Å². The monoisotopic (exact) mass is 502 g/mol. The van der Waals surface area contributed by atoms with Crippen molar-refractivity contribution in [1.29, 1.82) is 0 Å². The van der Waals surface area contributed by atoms with Gasteiger partial charge in [-0.1, -0.05) is 18.5 Å². The van der Waals surface area contributed by atoms with Crippen molar-refractivity contribution in [1.82, 2.24) is 0 Å². The fourth-order valence-corrected chi connectivity index (χ4v) is 10.2. The molecule has 2 fully saturated rings. The van der Waals surface area contributed by atoms with E-state index in [1.807, 2.05) is 0 Å². The molecule has 0 spiro atoms. The number of hydrogen-bond acceptors (Lipinski definition) is 4. The van der Waals surface area contributed by atoms with Crippen LogP contribution in [0.25, 0.3) is 0 Å². The fraction of sp³-hybridized carbons (Fsp3) is 0.478. The average molecular weight is 503 g/mol. The number of hydrogen-bond donors (Lipinski definition) is 0. The van der Waals surface area contributed by atoms with E-state index < -0.39 is 41.3 Å². The highest BCUT2D eigenvalue weighted by atomic mass is 35.5. The summed E-state index contributed by atoms with van der Waals surface area (Å²) in [4.78, 5) is -0.0144. The summed E-state index contributed by atoms with van der Waals surface area (Å²) in [6, 6.07) is 8.56. The molecule has 0 bridgehead atoms. The second kappa shape index (κ2) is 8.37. The van der Waals surface area contributed by atoms with Crippen molar-refractivity contribution in [2.45, 2.75) is 53.9 Å². The van der Waals surface area contributed by atoms with E-state index in [-0.39, 0.29) is 40.9 Å². The quantitative estimate of drug-likeness (QED) is 0.569. The highest BCUT2D eigenvalue weighted by molar-refractivity contribution is 7.92. The van der Waals surface area contributed by atoms with Gasteiger partial charge in [-0.25, -0.2) is 25.6 Å². The van der Waals surface area contributed by atoms with Crippen LogP contribution < -0.4 is 0 Å². The third kappa shape index (κ3) is 3.88. The van der Waals surface area contributed by atoms with Crippen molar-refractivity contribution in [3.63, 3.8) is 0 Å². The van der Waals surface area contributed by atoms with Crippen LogP contribution in [0.5, 0.6) is 0 Å². The van der Waals surface area contributed by atoms with Gasteiger partial charge in [-0.05, 0) is 86.4 Å². The standard InChI is InChI=1S/C23H25ClF2O4S2/c1-2-19-11-16-13-23(10-9-15(16)14-31(19,27)28,21-12-18(25)5-8-22(21)26)32(29,30)20-6-3-17(24)4-7-20/h3-8,12,15-16,19H,2,9-11,13-14H2,1H3/t15-,16-,19?,23-/m1/s1. The lowest BCUT2D eigenvalue weighted by molar-refractivity contribution is 0.183. The molecule has 2 aromatic carbocycles. The predicted octanol–water partition coefficient (Wildman–Crippen LogP) is 5.30. The van der Waals surface area contributed by atoms with Crippen LogP contribution in [0.2, 0.25) is 5.02 Å². The minimum absolute atomic E-state index is 0.0128. The van der Waals surface area contributed by atoms with Gasteiger partial charge in [0.25, 0.3) is 0 Å². The van der Waals surface area contributed by atoms with Gasteiger partial charge >= 0.3 is 0 Å². The van der Waals surface area contributed by atoms with Crippen molar-refractivity contribution >= 4 is 31.3 Å². The summed E-state index contributed by atoms with van der Waals surface area (Å²) < 4.78 is 80.8. The first-order valence-electron chi connectivity index (χ1n) is 10.7. The van der Waals surface area contributed by atoms with Crippen LogP contribution in [0, 0.1) is 23.5 Å². The molecule has 1 unspecified atom stereocenters. The van der Waals surface area contributed by atoms with Gasteiger partial charge in [0.15, 0.2) is 19.7 Å².